The number of aromatic nitrogens is 2. The summed E-state index contributed by atoms with van der Waals surface area (Å²) in [6, 6.07) is 0. The molecule has 0 bridgehead atoms. The van der Waals surface area contributed by atoms with Gasteiger partial charge in [0.25, 0.3) is 5.56 Å². The Hall–Kier alpha value is -1.67. The minimum atomic E-state index is -3.28. The molecule has 2 heterocycles. The first kappa shape index (κ1) is 23.6. The van der Waals surface area contributed by atoms with Gasteiger partial charge in [-0.2, -0.15) is 0 Å². The molecule has 166 valence electrons. The number of aromatic amines is 1. The largest absolute Gasteiger partial charge is 0.394 e. The van der Waals surface area contributed by atoms with Crippen LogP contribution in [0.15, 0.2) is 15.8 Å². The van der Waals surface area contributed by atoms with Crippen LogP contribution in [0.1, 0.15) is 45.1 Å². The van der Waals surface area contributed by atoms with Gasteiger partial charge in [0.1, 0.15) is 12.2 Å². The number of hydroxylamine groups is 2. The molecule has 5 atom stereocenters. The summed E-state index contributed by atoms with van der Waals surface area (Å²) in [5.74, 6) is -3.23. The maximum Gasteiger partial charge on any atom is 0.332 e. The number of H-pyrrole nitrogens is 1. The normalized spacial score (nSPS) is 30.8. The van der Waals surface area contributed by atoms with Gasteiger partial charge in [-0.15, -0.1) is 5.06 Å². The highest BCUT2D eigenvalue weighted by atomic mass is 19.1. The number of aliphatic hydroxyl groups excluding tert-OH is 2. The van der Waals surface area contributed by atoms with E-state index in [0.29, 0.717) is 23.8 Å². The molecule has 0 radical (unpaired) electrons. The van der Waals surface area contributed by atoms with Crippen LogP contribution >= 0.6 is 0 Å². The fourth-order valence-electron chi connectivity index (χ4n) is 3.36. The van der Waals surface area contributed by atoms with Crippen LogP contribution in [-0.2, 0) is 17.1 Å². The Morgan fingerprint density at radius 2 is 2.00 bits per heavy atom. The number of nitrogens with zero attached hydrogens (tertiary/aromatic N) is 2. The molecular formula is C17H28FN3O8. The molecule has 0 aliphatic carbocycles. The van der Waals surface area contributed by atoms with Crippen molar-refractivity contribution >= 4 is 0 Å². The van der Waals surface area contributed by atoms with Crippen molar-refractivity contribution in [1.29, 1.82) is 0 Å². The highest BCUT2D eigenvalue weighted by molar-refractivity contribution is 5.10. The van der Waals surface area contributed by atoms with Crippen LogP contribution in [0.4, 0.5) is 4.39 Å². The maximum absolute atomic E-state index is 14.5. The smallest absolute Gasteiger partial charge is 0.332 e. The van der Waals surface area contributed by atoms with Crippen LogP contribution in [0.2, 0.25) is 0 Å². The molecule has 0 spiro atoms. The summed E-state index contributed by atoms with van der Waals surface area (Å²) >= 11 is 0. The highest BCUT2D eigenvalue weighted by Gasteiger charge is 2.71. The Balaban J connectivity index is 2.64. The summed E-state index contributed by atoms with van der Waals surface area (Å²) < 4.78 is 20.0. The van der Waals surface area contributed by atoms with Crippen molar-refractivity contribution in [2.75, 3.05) is 6.61 Å². The molecule has 1 aromatic heterocycles. The van der Waals surface area contributed by atoms with Crippen molar-refractivity contribution in [3.05, 3.63) is 32.6 Å². The van der Waals surface area contributed by atoms with Gasteiger partial charge in [-0.3, -0.25) is 9.78 Å². The third kappa shape index (κ3) is 3.89. The zero-order chi connectivity index (χ0) is 22.0. The van der Waals surface area contributed by atoms with Crippen LogP contribution in [0.5, 0.6) is 0 Å². The molecule has 6 N–H and O–H groups in total. The van der Waals surface area contributed by atoms with E-state index in [1.165, 1.54) is 0 Å². The second-order valence-electron chi connectivity index (χ2n) is 7.07. The fraction of sp³-hybridized carbons (Fsp3) is 0.765. The van der Waals surface area contributed by atoms with E-state index in [4.69, 9.17) is 4.74 Å². The Kier molecular flexibility index (Phi) is 7.32. The van der Waals surface area contributed by atoms with E-state index < -0.39 is 48.0 Å². The Morgan fingerprint density at radius 1 is 1.34 bits per heavy atom. The number of alkyl halides is 1. The quantitative estimate of drug-likeness (QED) is 0.161. The molecule has 1 aliphatic rings. The number of ether oxygens (including phenoxy) is 1. The van der Waals surface area contributed by atoms with Gasteiger partial charge in [0, 0.05) is 11.8 Å². The molecule has 1 aliphatic heterocycles. The van der Waals surface area contributed by atoms with Gasteiger partial charge in [0.05, 0.1) is 6.61 Å². The molecule has 12 heteroatoms. The van der Waals surface area contributed by atoms with Crippen LogP contribution in [0.25, 0.3) is 0 Å². The molecule has 1 fully saturated rings. The average molecular weight is 421 g/mol. The van der Waals surface area contributed by atoms with Crippen molar-refractivity contribution in [2.45, 2.75) is 76.1 Å². The minimum Gasteiger partial charge on any atom is -0.394 e. The zero-order valence-corrected chi connectivity index (χ0v) is 16.3. The minimum absolute atomic E-state index is 0.0423. The number of unbranched alkanes of at least 4 members (excludes halogenated alkanes) is 1. The summed E-state index contributed by atoms with van der Waals surface area (Å²) in [5.41, 5.74) is -5.21. The van der Waals surface area contributed by atoms with E-state index in [2.05, 4.69) is 0 Å². The number of hydrogen-bond acceptors (Lipinski definition) is 9. The van der Waals surface area contributed by atoms with Crippen molar-refractivity contribution in [1.82, 2.24) is 14.6 Å². The molecule has 11 nitrogen and oxygen atoms in total. The van der Waals surface area contributed by atoms with E-state index in [1.54, 1.807) is 13.8 Å². The molecular weight excluding hydrogens is 393 g/mol. The molecule has 1 unspecified atom stereocenters. The predicted octanol–water partition coefficient (Wildman–Crippen LogP) is -1.29. The summed E-state index contributed by atoms with van der Waals surface area (Å²) in [7, 11) is 0. The summed E-state index contributed by atoms with van der Waals surface area (Å²) in [5, 5.41) is 52.0. The van der Waals surface area contributed by atoms with Gasteiger partial charge in [-0.25, -0.2) is 13.8 Å². The highest BCUT2D eigenvalue weighted by Crippen LogP contribution is 2.44. The number of nitrogens with one attached hydrogen (secondary N) is 1. The molecule has 0 saturated carbocycles. The van der Waals surface area contributed by atoms with Crippen LogP contribution in [0.3, 0.4) is 0 Å². The molecule has 29 heavy (non-hydrogen) atoms. The van der Waals surface area contributed by atoms with Gasteiger partial charge in [0.15, 0.2) is 6.30 Å². The lowest BCUT2D eigenvalue weighted by molar-refractivity contribution is -0.428. The standard InChI is InChI=1S/C17H28FN3O8/c1-3-5-7-12(18)21(28)16(26)13(23)11(9-22)29-17(16,27)20-8-10(6-4-2)14(24)19-15(20)25/h8,11-13,22-23,26-28H,3-7,9H2,1-2H3,(H,19,24,25)/t11-,12?,13-,16-,17-/m1/s1. The van der Waals surface area contributed by atoms with Crippen LogP contribution in [0, 0.1) is 0 Å². The third-order valence-corrected chi connectivity index (χ3v) is 5.01. The summed E-state index contributed by atoms with van der Waals surface area (Å²) in [6.45, 7) is 2.60. The molecule has 0 aromatic carbocycles. The first-order chi connectivity index (χ1) is 13.6. The summed E-state index contributed by atoms with van der Waals surface area (Å²) in [6.07, 6.45) is -3.91. The topological polar surface area (TPSA) is 168 Å². The van der Waals surface area contributed by atoms with E-state index in [1.807, 2.05) is 4.98 Å². The maximum atomic E-state index is 14.5. The zero-order valence-electron chi connectivity index (χ0n) is 16.3. The van der Waals surface area contributed by atoms with Crippen molar-refractivity contribution in [3.63, 3.8) is 0 Å². The lowest BCUT2D eigenvalue weighted by Gasteiger charge is -2.43. The van der Waals surface area contributed by atoms with Crippen LogP contribution in [-0.4, -0.2) is 71.1 Å². The second kappa shape index (κ2) is 9.00. The lowest BCUT2D eigenvalue weighted by Crippen LogP contribution is -2.69. The van der Waals surface area contributed by atoms with Crippen LogP contribution < -0.4 is 11.2 Å². The van der Waals surface area contributed by atoms with E-state index >= 15 is 0 Å². The predicted molar refractivity (Wildman–Crippen MR) is 96.5 cm³/mol. The SMILES string of the molecule is CCCCC(F)N(O)[C@@]1(O)[C@H](O)[C@@H](CO)O[C@@]1(O)n1cc(CCC)c(=O)[nH]c1=O. The average Bonchev–Trinajstić information content (AvgIpc) is 2.89. The number of rotatable bonds is 9. The van der Waals surface area contributed by atoms with Gasteiger partial charge in [0.2, 0.25) is 5.72 Å². The molecule has 0 amide bonds. The van der Waals surface area contributed by atoms with Gasteiger partial charge in [-0.05, 0) is 19.3 Å². The van der Waals surface area contributed by atoms with E-state index in [-0.39, 0.29) is 23.5 Å². The second-order valence-corrected chi connectivity index (χ2v) is 7.07. The Bertz CT molecular complexity index is 817. The Labute approximate surface area is 165 Å². The van der Waals surface area contributed by atoms with Gasteiger partial charge in [-0.1, -0.05) is 26.7 Å². The molecule has 2 rings (SSSR count). The number of hydrogen-bond donors (Lipinski definition) is 6. The van der Waals surface area contributed by atoms with Gasteiger partial charge < -0.3 is 30.4 Å². The van der Waals surface area contributed by atoms with Crippen molar-refractivity contribution in [3.8, 4) is 0 Å². The fourth-order valence-corrected chi connectivity index (χ4v) is 3.36. The first-order valence-electron chi connectivity index (χ1n) is 9.47. The first-order valence-corrected chi connectivity index (χ1v) is 9.47. The molecule has 1 aromatic rings. The monoisotopic (exact) mass is 421 g/mol. The van der Waals surface area contributed by atoms with Crippen molar-refractivity contribution < 1.29 is 34.8 Å². The van der Waals surface area contributed by atoms with Gasteiger partial charge >= 0.3 is 11.6 Å². The third-order valence-electron chi connectivity index (χ3n) is 5.01. The summed E-state index contributed by atoms with van der Waals surface area (Å²) in [4.78, 5) is 26.3. The van der Waals surface area contributed by atoms with E-state index in [0.717, 1.165) is 6.20 Å². The van der Waals surface area contributed by atoms with E-state index in [9.17, 15) is 39.6 Å². The van der Waals surface area contributed by atoms with Crippen molar-refractivity contribution in [2.24, 2.45) is 0 Å². The number of halogens is 1. The lowest BCUT2D eigenvalue weighted by atomic mass is 10.00. The molecule has 1 saturated heterocycles. The number of aryl methyl sites for hydroxylation is 1. The Morgan fingerprint density at radius 3 is 2.55 bits per heavy atom. The number of aliphatic hydroxyl groups is 4.